The zero-order chi connectivity index (χ0) is 18.7. The fraction of sp³-hybridized carbons (Fsp3) is 0.381. The molecule has 0 saturated heterocycles. The minimum absolute atomic E-state index is 0.00367. The normalized spacial score (nSPS) is 18.6. The maximum absolute atomic E-state index is 11.6. The highest BCUT2D eigenvalue weighted by Crippen LogP contribution is 2.46. The number of methoxy groups -OCH3 is 3. The molecule has 1 aliphatic carbocycles. The van der Waals surface area contributed by atoms with Crippen molar-refractivity contribution in [1.82, 2.24) is 5.32 Å². The van der Waals surface area contributed by atoms with Gasteiger partial charge in [-0.3, -0.25) is 4.79 Å². The van der Waals surface area contributed by atoms with Crippen molar-refractivity contribution in [3.05, 3.63) is 53.1 Å². The first-order chi connectivity index (χ1) is 12.6. The van der Waals surface area contributed by atoms with E-state index in [-0.39, 0.29) is 17.9 Å². The lowest BCUT2D eigenvalue weighted by atomic mass is 9.76. The first kappa shape index (κ1) is 18.1. The minimum Gasteiger partial charge on any atom is -0.493 e. The van der Waals surface area contributed by atoms with Crippen LogP contribution in [-0.2, 0) is 4.79 Å². The molecule has 26 heavy (non-hydrogen) atoms. The third-order valence-electron chi connectivity index (χ3n) is 4.96. The summed E-state index contributed by atoms with van der Waals surface area (Å²) < 4.78 is 16.5. The highest BCUT2D eigenvalue weighted by atomic mass is 16.5. The standard InChI is InChI=1S/C21H25NO4/c1-13(23)22-18-10-9-15(16-7-5-6-8-17(16)18)14-11-19(24-2)21(26-4)20(12-14)25-3/h5-8,11-12,15,18H,9-10H2,1-4H3,(H,22,23). The number of rotatable bonds is 5. The van der Waals surface area contributed by atoms with Gasteiger partial charge < -0.3 is 19.5 Å². The number of fused-ring (bicyclic) bond motifs is 1. The van der Waals surface area contributed by atoms with Crippen LogP contribution in [0.15, 0.2) is 36.4 Å². The lowest BCUT2D eigenvalue weighted by Crippen LogP contribution is -2.30. The molecule has 1 N–H and O–H groups in total. The summed E-state index contributed by atoms with van der Waals surface area (Å²) in [4.78, 5) is 11.6. The van der Waals surface area contributed by atoms with Crippen LogP contribution in [0.4, 0.5) is 0 Å². The molecule has 2 aromatic carbocycles. The Bertz CT molecular complexity index is 777. The lowest BCUT2D eigenvalue weighted by Gasteiger charge is -2.32. The van der Waals surface area contributed by atoms with Gasteiger partial charge in [0.15, 0.2) is 11.5 Å². The maximum atomic E-state index is 11.6. The molecule has 2 unspecified atom stereocenters. The summed E-state index contributed by atoms with van der Waals surface area (Å²) in [6.45, 7) is 1.56. The van der Waals surface area contributed by atoms with Crippen molar-refractivity contribution in [1.29, 1.82) is 0 Å². The van der Waals surface area contributed by atoms with Gasteiger partial charge in [-0.2, -0.15) is 0 Å². The zero-order valence-electron chi connectivity index (χ0n) is 15.7. The van der Waals surface area contributed by atoms with E-state index in [9.17, 15) is 4.79 Å². The zero-order valence-corrected chi connectivity index (χ0v) is 15.7. The van der Waals surface area contributed by atoms with Crippen LogP contribution in [0.25, 0.3) is 0 Å². The first-order valence-electron chi connectivity index (χ1n) is 8.74. The van der Waals surface area contributed by atoms with E-state index in [1.165, 1.54) is 11.1 Å². The van der Waals surface area contributed by atoms with E-state index in [1.54, 1.807) is 28.3 Å². The Labute approximate surface area is 154 Å². The fourth-order valence-electron chi connectivity index (χ4n) is 3.83. The van der Waals surface area contributed by atoms with Crippen molar-refractivity contribution < 1.29 is 19.0 Å². The van der Waals surface area contributed by atoms with Crippen molar-refractivity contribution in [3.63, 3.8) is 0 Å². The smallest absolute Gasteiger partial charge is 0.217 e. The molecule has 2 atom stereocenters. The topological polar surface area (TPSA) is 56.8 Å². The van der Waals surface area contributed by atoms with Crippen molar-refractivity contribution in [2.45, 2.75) is 31.7 Å². The Kier molecular flexibility index (Phi) is 5.35. The SMILES string of the molecule is COc1cc(C2CCC(NC(C)=O)c3ccccc32)cc(OC)c1OC. The third-order valence-corrected chi connectivity index (χ3v) is 4.96. The summed E-state index contributed by atoms with van der Waals surface area (Å²) in [6.07, 6.45) is 1.82. The van der Waals surface area contributed by atoms with Crippen LogP contribution < -0.4 is 19.5 Å². The van der Waals surface area contributed by atoms with Crippen molar-refractivity contribution >= 4 is 5.91 Å². The van der Waals surface area contributed by atoms with Crippen LogP contribution in [0.1, 0.15) is 48.4 Å². The summed E-state index contributed by atoms with van der Waals surface area (Å²) >= 11 is 0. The van der Waals surface area contributed by atoms with Gasteiger partial charge in [0, 0.05) is 12.8 Å². The van der Waals surface area contributed by atoms with Gasteiger partial charge in [-0.25, -0.2) is 0 Å². The van der Waals surface area contributed by atoms with Gasteiger partial charge in [0.25, 0.3) is 0 Å². The highest BCUT2D eigenvalue weighted by Gasteiger charge is 2.29. The Morgan fingerprint density at radius 1 is 0.962 bits per heavy atom. The molecule has 1 aliphatic rings. The Morgan fingerprint density at radius 3 is 2.12 bits per heavy atom. The number of nitrogens with one attached hydrogen (secondary N) is 1. The van der Waals surface area contributed by atoms with E-state index in [4.69, 9.17) is 14.2 Å². The van der Waals surface area contributed by atoms with Gasteiger partial charge in [-0.1, -0.05) is 24.3 Å². The molecule has 0 radical (unpaired) electrons. The fourth-order valence-corrected chi connectivity index (χ4v) is 3.83. The number of carbonyl (C=O) groups excluding carboxylic acids is 1. The van der Waals surface area contributed by atoms with Gasteiger partial charge in [-0.05, 0) is 41.7 Å². The van der Waals surface area contributed by atoms with Gasteiger partial charge in [0.2, 0.25) is 11.7 Å². The number of ether oxygens (including phenoxy) is 3. The highest BCUT2D eigenvalue weighted by molar-refractivity contribution is 5.73. The predicted octanol–water partition coefficient (Wildman–Crippen LogP) is 3.82. The molecule has 0 heterocycles. The third kappa shape index (κ3) is 3.34. The summed E-state index contributed by atoms with van der Waals surface area (Å²) in [7, 11) is 4.86. The summed E-state index contributed by atoms with van der Waals surface area (Å²) in [5.41, 5.74) is 3.52. The second kappa shape index (κ2) is 7.68. The number of carbonyl (C=O) groups is 1. The first-order valence-corrected chi connectivity index (χ1v) is 8.74. The van der Waals surface area contributed by atoms with Crippen LogP contribution in [0.3, 0.4) is 0 Å². The Morgan fingerprint density at radius 2 is 1.58 bits per heavy atom. The van der Waals surface area contributed by atoms with E-state index in [1.807, 2.05) is 24.3 Å². The lowest BCUT2D eigenvalue weighted by molar-refractivity contribution is -0.119. The molecule has 0 spiro atoms. The Balaban J connectivity index is 2.06. The van der Waals surface area contributed by atoms with Crippen LogP contribution >= 0.6 is 0 Å². The molecule has 0 aromatic heterocycles. The van der Waals surface area contributed by atoms with Crippen LogP contribution in [-0.4, -0.2) is 27.2 Å². The van der Waals surface area contributed by atoms with E-state index in [0.717, 1.165) is 18.4 Å². The molecular weight excluding hydrogens is 330 g/mol. The number of benzene rings is 2. The Hall–Kier alpha value is -2.69. The average Bonchev–Trinajstić information content (AvgIpc) is 2.66. The van der Waals surface area contributed by atoms with E-state index in [2.05, 4.69) is 17.4 Å². The minimum atomic E-state index is -0.00367. The van der Waals surface area contributed by atoms with Gasteiger partial charge in [0.05, 0.1) is 27.4 Å². The number of hydrogen-bond acceptors (Lipinski definition) is 4. The maximum Gasteiger partial charge on any atom is 0.217 e. The largest absolute Gasteiger partial charge is 0.493 e. The average molecular weight is 355 g/mol. The van der Waals surface area contributed by atoms with Crippen LogP contribution in [0.2, 0.25) is 0 Å². The molecule has 0 fully saturated rings. The van der Waals surface area contributed by atoms with Gasteiger partial charge >= 0.3 is 0 Å². The summed E-state index contributed by atoms with van der Waals surface area (Å²) in [6, 6.07) is 12.4. The van der Waals surface area contributed by atoms with Gasteiger partial charge in [-0.15, -0.1) is 0 Å². The predicted molar refractivity (Wildman–Crippen MR) is 100 cm³/mol. The quantitative estimate of drug-likeness (QED) is 0.886. The van der Waals surface area contributed by atoms with Crippen LogP contribution in [0.5, 0.6) is 17.2 Å². The molecule has 2 aromatic rings. The monoisotopic (exact) mass is 355 g/mol. The number of amides is 1. The summed E-state index contributed by atoms with van der Waals surface area (Å²) in [5.74, 6) is 2.12. The van der Waals surface area contributed by atoms with Crippen molar-refractivity contribution in [3.8, 4) is 17.2 Å². The van der Waals surface area contributed by atoms with Crippen molar-refractivity contribution in [2.24, 2.45) is 0 Å². The van der Waals surface area contributed by atoms with E-state index >= 15 is 0 Å². The molecule has 3 rings (SSSR count). The molecule has 1 amide bonds. The molecule has 5 nitrogen and oxygen atoms in total. The number of hydrogen-bond donors (Lipinski definition) is 1. The molecule has 0 saturated carbocycles. The van der Waals surface area contributed by atoms with E-state index in [0.29, 0.717) is 17.2 Å². The van der Waals surface area contributed by atoms with Crippen LogP contribution in [0, 0.1) is 0 Å². The second-order valence-corrected chi connectivity index (χ2v) is 6.47. The molecule has 0 aliphatic heterocycles. The van der Waals surface area contributed by atoms with Gasteiger partial charge in [0.1, 0.15) is 0 Å². The molecule has 138 valence electrons. The molecule has 5 heteroatoms. The molecule has 0 bridgehead atoms. The second-order valence-electron chi connectivity index (χ2n) is 6.47. The molecular formula is C21H25NO4. The van der Waals surface area contributed by atoms with Crippen molar-refractivity contribution in [2.75, 3.05) is 21.3 Å². The summed E-state index contributed by atoms with van der Waals surface area (Å²) in [5, 5.41) is 3.06. The van der Waals surface area contributed by atoms with E-state index < -0.39 is 0 Å².